The molecule has 1 saturated heterocycles. The highest BCUT2D eigenvalue weighted by atomic mass is 32.1. The van der Waals surface area contributed by atoms with Gasteiger partial charge in [-0.05, 0) is 37.1 Å². The van der Waals surface area contributed by atoms with Gasteiger partial charge in [-0.1, -0.05) is 35.6 Å². The number of para-hydroxylation sites is 3. The molecule has 1 unspecified atom stereocenters. The first kappa shape index (κ1) is 21.0. The Morgan fingerprint density at radius 1 is 1.06 bits per heavy atom. The molecule has 4 heterocycles. The van der Waals surface area contributed by atoms with E-state index in [2.05, 4.69) is 9.55 Å². The van der Waals surface area contributed by atoms with Crippen molar-refractivity contribution in [2.75, 3.05) is 19.7 Å². The van der Waals surface area contributed by atoms with Crippen molar-refractivity contribution in [1.29, 1.82) is 0 Å². The summed E-state index contributed by atoms with van der Waals surface area (Å²) in [5, 5.41) is 0. The van der Waals surface area contributed by atoms with Gasteiger partial charge in [0.25, 0.3) is 5.91 Å². The van der Waals surface area contributed by atoms with Gasteiger partial charge in [0.1, 0.15) is 19.1 Å². The number of hydrogen-bond donors (Lipinski definition) is 0. The average molecular weight is 477 g/mol. The molecule has 0 spiro atoms. The van der Waals surface area contributed by atoms with E-state index in [0.717, 1.165) is 28.9 Å². The molecular formula is C25H24N4O4S. The SMILES string of the molecule is O=C(C1COc2ccccc2O1)N1CCC(c2nccn2Cn2c(=O)sc3ccccc32)CC1. The van der Waals surface area contributed by atoms with E-state index in [1.807, 2.05) is 59.6 Å². The number of benzene rings is 2. The summed E-state index contributed by atoms with van der Waals surface area (Å²) < 4.78 is 16.5. The van der Waals surface area contributed by atoms with Crippen molar-refractivity contribution in [3.63, 3.8) is 0 Å². The van der Waals surface area contributed by atoms with E-state index in [4.69, 9.17) is 9.47 Å². The van der Waals surface area contributed by atoms with Gasteiger partial charge >= 0.3 is 4.87 Å². The lowest BCUT2D eigenvalue weighted by atomic mass is 9.95. The molecule has 0 saturated carbocycles. The van der Waals surface area contributed by atoms with Crippen LogP contribution in [0.2, 0.25) is 0 Å². The summed E-state index contributed by atoms with van der Waals surface area (Å²) in [6.45, 7) is 1.94. The second-order valence-corrected chi connectivity index (χ2v) is 9.62. The van der Waals surface area contributed by atoms with Crippen molar-refractivity contribution in [1.82, 2.24) is 19.0 Å². The normalized spacial score (nSPS) is 18.4. The minimum absolute atomic E-state index is 0.0255. The maximum Gasteiger partial charge on any atom is 0.309 e. The number of nitrogens with zero attached hydrogens (tertiary/aromatic N) is 4. The quantitative estimate of drug-likeness (QED) is 0.452. The van der Waals surface area contributed by atoms with E-state index >= 15 is 0 Å². The van der Waals surface area contributed by atoms with Gasteiger partial charge in [-0.3, -0.25) is 14.2 Å². The molecule has 6 rings (SSSR count). The molecule has 1 fully saturated rings. The summed E-state index contributed by atoms with van der Waals surface area (Å²) in [5.74, 6) is 2.44. The molecule has 1 amide bonds. The summed E-state index contributed by atoms with van der Waals surface area (Å²) in [4.78, 5) is 32.1. The highest BCUT2D eigenvalue weighted by Gasteiger charge is 2.34. The number of amides is 1. The molecule has 0 aliphatic carbocycles. The van der Waals surface area contributed by atoms with Crippen LogP contribution < -0.4 is 14.3 Å². The first-order valence-corrected chi connectivity index (χ1v) is 12.3. The Kier molecular flexibility index (Phi) is 5.33. The van der Waals surface area contributed by atoms with Crippen LogP contribution in [-0.2, 0) is 11.5 Å². The van der Waals surface area contributed by atoms with Gasteiger partial charge in [0, 0.05) is 31.4 Å². The number of carbonyl (C=O) groups is 1. The van der Waals surface area contributed by atoms with Crippen LogP contribution in [-0.4, -0.2) is 50.7 Å². The van der Waals surface area contributed by atoms with Crippen molar-refractivity contribution in [2.45, 2.75) is 31.5 Å². The number of fused-ring (bicyclic) bond motifs is 2. The summed E-state index contributed by atoms with van der Waals surface area (Å²) in [6.07, 6.45) is 4.72. The van der Waals surface area contributed by atoms with Crippen LogP contribution in [0.5, 0.6) is 11.5 Å². The Hall–Kier alpha value is -3.59. The third-order valence-corrected chi connectivity index (χ3v) is 7.53. The molecule has 1 atom stereocenters. The van der Waals surface area contributed by atoms with E-state index < -0.39 is 6.10 Å². The van der Waals surface area contributed by atoms with Crippen molar-refractivity contribution in [3.8, 4) is 11.5 Å². The highest BCUT2D eigenvalue weighted by Crippen LogP contribution is 2.32. The smallest absolute Gasteiger partial charge is 0.309 e. The Bertz CT molecular complexity index is 1400. The van der Waals surface area contributed by atoms with Gasteiger partial charge in [-0.2, -0.15) is 0 Å². The van der Waals surface area contributed by atoms with Crippen molar-refractivity contribution in [3.05, 3.63) is 76.4 Å². The summed E-state index contributed by atoms with van der Waals surface area (Å²) in [6, 6.07) is 15.3. The van der Waals surface area contributed by atoms with E-state index in [1.165, 1.54) is 11.3 Å². The van der Waals surface area contributed by atoms with E-state index in [-0.39, 0.29) is 23.3 Å². The Labute approximate surface area is 200 Å². The lowest BCUT2D eigenvalue weighted by Gasteiger charge is -2.35. The number of piperidine rings is 1. The fourth-order valence-electron chi connectivity index (χ4n) is 4.80. The summed E-state index contributed by atoms with van der Waals surface area (Å²) in [7, 11) is 0. The monoisotopic (exact) mass is 476 g/mol. The fourth-order valence-corrected chi connectivity index (χ4v) is 5.69. The molecule has 8 nitrogen and oxygen atoms in total. The predicted molar refractivity (Wildman–Crippen MR) is 129 cm³/mol. The van der Waals surface area contributed by atoms with Crippen LogP contribution >= 0.6 is 11.3 Å². The number of thiazole rings is 1. The van der Waals surface area contributed by atoms with Gasteiger partial charge in [-0.25, -0.2) is 4.98 Å². The lowest BCUT2D eigenvalue weighted by Crippen LogP contribution is -2.49. The van der Waals surface area contributed by atoms with Gasteiger partial charge < -0.3 is 18.9 Å². The lowest BCUT2D eigenvalue weighted by molar-refractivity contribution is -0.142. The zero-order valence-electron chi connectivity index (χ0n) is 18.5. The van der Waals surface area contributed by atoms with Crippen LogP contribution in [0.15, 0.2) is 65.7 Å². The van der Waals surface area contributed by atoms with Crippen LogP contribution in [0.4, 0.5) is 0 Å². The number of aromatic nitrogens is 3. The molecule has 2 aromatic carbocycles. The summed E-state index contributed by atoms with van der Waals surface area (Å²) in [5.41, 5.74) is 0.939. The van der Waals surface area contributed by atoms with E-state index in [9.17, 15) is 9.59 Å². The van der Waals surface area contributed by atoms with Crippen LogP contribution in [0.3, 0.4) is 0 Å². The van der Waals surface area contributed by atoms with Gasteiger partial charge in [0.15, 0.2) is 11.5 Å². The van der Waals surface area contributed by atoms with Gasteiger partial charge in [-0.15, -0.1) is 0 Å². The molecule has 2 aromatic heterocycles. The number of rotatable bonds is 4. The molecule has 2 aliphatic heterocycles. The van der Waals surface area contributed by atoms with Crippen molar-refractivity contribution < 1.29 is 14.3 Å². The number of carbonyl (C=O) groups excluding carboxylic acids is 1. The zero-order valence-corrected chi connectivity index (χ0v) is 19.3. The molecule has 4 aromatic rings. The molecule has 2 aliphatic rings. The molecule has 174 valence electrons. The van der Waals surface area contributed by atoms with E-state index in [1.54, 1.807) is 10.8 Å². The average Bonchev–Trinajstić information content (AvgIpc) is 3.47. The van der Waals surface area contributed by atoms with Crippen molar-refractivity contribution >= 4 is 27.5 Å². The third-order valence-electron chi connectivity index (χ3n) is 6.57. The molecule has 0 bridgehead atoms. The maximum atomic E-state index is 13.1. The Balaban J connectivity index is 1.13. The second kappa shape index (κ2) is 8.64. The van der Waals surface area contributed by atoms with Crippen LogP contribution in [0, 0.1) is 0 Å². The predicted octanol–water partition coefficient (Wildman–Crippen LogP) is 3.31. The van der Waals surface area contributed by atoms with E-state index in [0.29, 0.717) is 31.3 Å². The number of imidazole rings is 1. The number of ether oxygens (including phenoxy) is 2. The molecule has 0 N–H and O–H groups in total. The minimum atomic E-state index is -0.618. The first-order valence-electron chi connectivity index (χ1n) is 11.4. The Morgan fingerprint density at radius 2 is 1.82 bits per heavy atom. The maximum absolute atomic E-state index is 13.1. The number of likely N-dealkylation sites (tertiary alicyclic amines) is 1. The topological polar surface area (TPSA) is 78.6 Å². The van der Waals surface area contributed by atoms with Gasteiger partial charge in [0.2, 0.25) is 6.10 Å². The van der Waals surface area contributed by atoms with Crippen LogP contribution in [0.25, 0.3) is 10.2 Å². The standard InChI is InChI=1S/C25H24N4O4S/c30-24(21-15-32-19-6-2-3-7-20(19)33-21)27-12-9-17(10-13-27)23-26-11-14-28(23)16-29-18-5-1-4-8-22(18)34-25(29)31/h1-8,11,14,17,21H,9-10,12-13,15-16H2. The fraction of sp³-hybridized carbons (Fsp3) is 0.320. The largest absolute Gasteiger partial charge is 0.485 e. The molecule has 0 radical (unpaired) electrons. The molecule has 9 heteroatoms. The van der Waals surface area contributed by atoms with Crippen molar-refractivity contribution in [2.24, 2.45) is 0 Å². The van der Waals surface area contributed by atoms with Crippen LogP contribution in [0.1, 0.15) is 24.6 Å². The highest BCUT2D eigenvalue weighted by molar-refractivity contribution is 7.16. The number of hydrogen-bond acceptors (Lipinski definition) is 6. The zero-order chi connectivity index (χ0) is 23.1. The molecule has 34 heavy (non-hydrogen) atoms. The minimum Gasteiger partial charge on any atom is -0.485 e. The second-order valence-electron chi connectivity index (χ2n) is 8.62. The summed E-state index contributed by atoms with van der Waals surface area (Å²) >= 11 is 1.26. The first-order chi connectivity index (χ1) is 16.7. The molecular weight excluding hydrogens is 452 g/mol. The Morgan fingerprint density at radius 3 is 2.68 bits per heavy atom. The van der Waals surface area contributed by atoms with Gasteiger partial charge in [0.05, 0.1) is 10.2 Å². The third kappa shape index (κ3) is 3.75.